The highest BCUT2D eigenvalue weighted by molar-refractivity contribution is 6.35. The zero-order valence-electron chi connectivity index (χ0n) is 15.7. The summed E-state index contributed by atoms with van der Waals surface area (Å²) in [7, 11) is 0. The van der Waals surface area contributed by atoms with E-state index in [9.17, 15) is 9.59 Å². The fourth-order valence-corrected chi connectivity index (χ4v) is 3.34. The Balaban J connectivity index is 1.65. The van der Waals surface area contributed by atoms with Gasteiger partial charge < -0.3 is 29.7 Å². The largest absolute Gasteiger partial charge is 0.454 e. The third-order valence-electron chi connectivity index (χ3n) is 4.92. The van der Waals surface area contributed by atoms with Crippen LogP contribution in [0.3, 0.4) is 0 Å². The van der Waals surface area contributed by atoms with Gasteiger partial charge in [-0.2, -0.15) is 0 Å². The molecule has 8 heteroatoms. The molecule has 1 saturated heterocycles. The Morgan fingerprint density at radius 3 is 2.63 bits per heavy atom. The Morgan fingerprint density at radius 2 is 1.85 bits per heavy atom. The predicted octanol–water partition coefficient (Wildman–Crippen LogP) is -0.596. The van der Waals surface area contributed by atoms with E-state index in [0.29, 0.717) is 32.1 Å². The van der Waals surface area contributed by atoms with Gasteiger partial charge in [0, 0.05) is 12.1 Å². The van der Waals surface area contributed by atoms with Gasteiger partial charge in [-0.05, 0) is 24.6 Å². The molecule has 0 aliphatic carbocycles. The monoisotopic (exact) mass is 378 g/mol. The zero-order chi connectivity index (χ0) is 19.1. The van der Waals surface area contributed by atoms with Crippen LogP contribution in [0.5, 0.6) is 11.5 Å². The molecule has 2 aliphatic rings. The Morgan fingerprint density at radius 1 is 1.11 bits per heavy atom. The van der Waals surface area contributed by atoms with E-state index in [1.807, 2.05) is 25.1 Å². The Hall–Kier alpha value is -2.32. The van der Waals surface area contributed by atoms with Crippen LogP contribution < -0.4 is 25.0 Å². The number of ether oxygens (including phenoxy) is 3. The van der Waals surface area contributed by atoms with Crippen LogP contribution in [0.1, 0.15) is 31.4 Å². The van der Waals surface area contributed by atoms with Crippen molar-refractivity contribution >= 4 is 11.8 Å². The van der Waals surface area contributed by atoms with Crippen molar-refractivity contribution < 1.29 is 28.7 Å². The minimum atomic E-state index is -0.593. The second-order valence-electron chi connectivity index (χ2n) is 6.76. The zero-order valence-corrected chi connectivity index (χ0v) is 15.7. The quantitative estimate of drug-likeness (QED) is 0.436. The number of quaternary nitrogens is 1. The molecule has 1 fully saturated rings. The highest BCUT2D eigenvalue weighted by atomic mass is 16.7. The van der Waals surface area contributed by atoms with Crippen LogP contribution in [0.15, 0.2) is 18.2 Å². The molecule has 1 atom stereocenters. The highest BCUT2D eigenvalue weighted by Crippen LogP contribution is 2.33. The number of rotatable bonds is 7. The fraction of sp³-hybridized carbons (Fsp3) is 0.579. The van der Waals surface area contributed by atoms with E-state index in [-0.39, 0.29) is 12.8 Å². The molecule has 0 radical (unpaired) electrons. The van der Waals surface area contributed by atoms with Crippen LogP contribution in [-0.2, 0) is 14.3 Å². The summed E-state index contributed by atoms with van der Waals surface area (Å²) in [5, 5.41) is 5.43. The van der Waals surface area contributed by atoms with Crippen molar-refractivity contribution in [2.24, 2.45) is 0 Å². The summed E-state index contributed by atoms with van der Waals surface area (Å²) in [6.07, 6.45) is 1.82. The molecule has 0 spiro atoms. The molecule has 8 nitrogen and oxygen atoms in total. The van der Waals surface area contributed by atoms with Gasteiger partial charge in [0.25, 0.3) is 0 Å². The molecule has 27 heavy (non-hydrogen) atoms. The van der Waals surface area contributed by atoms with Gasteiger partial charge >= 0.3 is 11.8 Å². The van der Waals surface area contributed by atoms with Crippen LogP contribution in [0.25, 0.3) is 0 Å². The Bertz CT molecular complexity index is 661. The van der Waals surface area contributed by atoms with Crippen molar-refractivity contribution in [3.63, 3.8) is 0 Å². The predicted molar refractivity (Wildman–Crippen MR) is 97.7 cm³/mol. The third kappa shape index (κ3) is 5.11. The van der Waals surface area contributed by atoms with Crippen LogP contribution in [0.2, 0.25) is 0 Å². The molecule has 2 heterocycles. The van der Waals surface area contributed by atoms with E-state index >= 15 is 0 Å². The van der Waals surface area contributed by atoms with Crippen molar-refractivity contribution in [3.05, 3.63) is 23.8 Å². The maximum absolute atomic E-state index is 12.1. The first-order valence-electron chi connectivity index (χ1n) is 9.57. The molecule has 2 amide bonds. The number of carbonyl (C=O) groups excluding carboxylic acids is 2. The van der Waals surface area contributed by atoms with Crippen molar-refractivity contribution in [1.29, 1.82) is 0 Å². The van der Waals surface area contributed by atoms with E-state index in [4.69, 9.17) is 14.2 Å². The summed E-state index contributed by atoms with van der Waals surface area (Å²) in [6, 6.07) is 5.86. The van der Waals surface area contributed by atoms with Crippen molar-refractivity contribution in [3.8, 4) is 11.5 Å². The summed E-state index contributed by atoms with van der Waals surface area (Å²) in [4.78, 5) is 25.4. The number of carbonyl (C=O) groups is 2. The van der Waals surface area contributed by atoms with E-state index in [1.54, 1.807) is 0 Å². The molecule has 1 aromatic carbocycles. The summed E-state index contributed by atoms with van der Waals surface area (Å²) in [5.41, 5.74) is 1.04. The average Bonchev–Trinajstić information content (AvgIpc) is 3.17. The normalized spacial score (nSPS) is 17.4. The lowest BCUT2D eigenvalue weighted by Gasteiger charge is -2.32. The molecule has 3 rings (SSSR count). The highest BCUT2D eigenvalue weighted by Gasteiger charge is 2.29. The van der Waals surface area contributed by atoms with Crippen LogP contribution >= 0.6 is 0 Å². The smallest absolute Gasteiger partial charge is 0.309 e. The molecule has 0 aromatic heterocycles. The lowest BCUT2D eigenvalue weighted by atomic mass is 10.0. The van der Waals surface area contributed by atoms with Gasteiger partial charge in [0.1, 0.15) is 19.1 Å². The van der Waals surface area contributed by atoms with Crippen molar-refractivity contribution in [1.82, 2.24) is 10.6 Å². The van der Waals surface area contributed by atoms with Crippen LogP contribution in [0, 0.1) is 0 Å². The molecule has 0 bridgehead atoms. The number of hydrogen-bond acceptors (Lipinski definition) is 5. The maximum Gasteiger partial charge on any atom is 0.309 e. The van der Waals surface area contributed by atoms with Crippen LogP contribution in [-0.4, -0.2) is 58.0 Å². The summed E-state index contributed by atoms with van der Waals surface area (Å²) in [6.45, 7) is 6.20. The van der Waals surface area contributed by atoms with Gasteiger partial charge in [-0.3, -0.25) is 9.59 Å². The minimum absolute atomic E-state index is 0.00999. The number of nitrogens with one attached hydrogen (secondary N) is 3. The van der Waals surface area contributed by atoms with Gasteiger partial charge in [-0.15, -0.1) is 0 Å². The molecule has 0 saturated carbocycles. The maximum atomic E-state index is 12.1. The van der Waals surface area contributed by atoms with Crippen molar-refractivity contribution in [2.45, 2.75) is 25.8 Å². The Kier molecular flexibility index (Phi) is 6.89. The molecular formula is C19H28N3O5+. The number of morpholine rings is 1. The van der Waals surface area contributed by atoms with Crippen molar-refractivity contribution in [2.75, 3.05) is 46.2 Å². The van der Waals surface area contributed by atoms with E-state index in [0.717, 1.165) is 37.2 Å². The Labute approximate surface area is 159 Å². The summed E-state index contributed by atoms with van der Waals surface area (Å²) >= 11 is 0. The molecule has 1 aromatic rings. The molecular weight excluding hydrogens is 350 g/mol. The van der Waals surface area contributed by atoms with E-state index < -0.39 is 11.8 Å². The SMILES string of the molecule is CCCCNC(=O)C(=O)NC[C@@H](c1ccc2c(c1)OCO2)[NH+]1CCOCC1. The second-order valence-corrected chi connectivity index (χ2v) is 6.76. The number of benzene rings is 1. The van der Waals surface area contributed by atoms with Gasteiger partial charge in [0.15, 0.2) is 11.5 Å². The average molecular weight is 378 g/mol. The lowest BCUT2D eigenvalue weighted by Crippen LogP contribution is -3.15. The summed E-state index contributed by atoms with van der Waals surface area (Å²) in [5.74, 6) is 0.275. The second kappa shape index (κ2) is 9.57. The third-order valence-corrected chi connectivity index (χ3v) is 4.92. The number of hydrogen-bond donors (Lipinski definition) is 3. The molecule has 3 N–H and O–H groups in total. The molecule has 148 valence electrons. The number of unbranched alkanes of at least 4 members (excludes halogenated alkanes) is 1. The first-order chi connectivity index (χ1) is 13.2. The summed E-state index contributed by atoms with van der Waals surface area (Å²) < 4.78 is 16.3. The topological polar surface area (TPSA) is 90.3 Å². The number of amides is 2. The molecule has 0 unspecified atom stereocenters. The van der Waals surface area contributed by atoms with E-state index in [1.165, 1.54) is 4.90 Å². The van der Waals surface area contributed by atoms with Gasteiger partial charge in [0.05, 0.1) is 19.8 Å². The van der Waals surface area contributed by atoms with Gasteiger partial charge in [0.2, 0.25) is 6.79 Å². The minimum Gasteiger partial charge on any atom is -0.454 e. The van der Waals surface area contributed by atoms with Gasteiger partial charge in [-0.25, -0.2) is 0 Å². The van der Waals surface area contributed by atoms with E-state index in [2.05, 4.69) is 10.6 Å². The first kappa shape index (κ1) is 19.4. The lowest BCUT2D eigenvalue weighted by molar-refractivity contribution is -0.937. The van der Waals surface area contributed by atoms with Gasteiger partial charge in [-0.1, -0.05) is 13.3 Å². The first-order valence-corrected chi connectivity index (χ1v) is 9.57. The number of fused-ring (bicyclic) bond motifs is 1. The fourth-order valence-electron chi connectivity index (χ4n) is 3.34. The molecule has 2 aliphatic heterocycles. The van der Waals surface area contributed by atoms with Crippen LogP contribution in [0.4, 0.5) is 0 Å². The standard InChI is InChI=1S/C19H27N3O5/c1-2-3-6-20-18(23)19(24)21-12-15(22-7-9-25-10-8-22)14-4-5-16-17(11-14)27-13-26-16/h4-5,11,15H,2-3,6-10,12-13H2,1H3,(H,20,23)(H,21,24)/p+1/t15-/m0/s1.